The molecule has 0 aliphatic heterocycles. The zero-order chi connectivity index (χ0) is 13.2. The molecule has 0 saturated carbocycles. The molecule has 3 nitrogen and oxygen atoms in total. The fourth-order valence-electron chi connectivity index (χ4n) is 1.99. The van der Waals surface area contributed by atoms with E-state index >= 15 is 0 Å². The van der Waals surface area contributed by atoms with Crippen molar-refractivity contribution in [3.63, 3.8) is 0 Å². The fraction of sp³-hybridized carbons (Fsp3) is 0.333. The molecule has 0 saturated heterocycles. The highest BCUT2D eigenvalue weighted by molar-refractivity contribution is 5.90. The Morgan fingerprint density at radius 2 is 1.94 bits per heavy atom. The Labute approximate surface area is 107 Å². The van der Waals surface area contributed by atoms with Crippen LogP contribution in [0.2, 0.25) is 0 Å². The van der Waals surface area contributed by atoms with Crippen LogP contribution in [0.25, 0.3) is 0 Å². The summed E-state index contributed by atoms with van der Waals surface area (Å²) in [4.78, 5) is 12.4. The van der Waals surface area contributed by atoms with Gasteiger partial charge in [0, 0.05) is 25.1 Å². The van der Waals surface area contributed by atoms with Gasteiger partial charge in [-0.15, -0.1) is 0 Å². The van der Waals surface area contributed by atoms with Crippen LogP contribution in [0, 0.1) is 0 Å². The molecule has 0 radical (unpaired) electrons. The largest absolute Gasteiger partial charge is 0.298 e. The summed E-state index contributed by atoms with van der Waals surface area (Å²) < 4.78 is 1.72. The van der Waals surface area contributed by atoms with Crippen LogP contribution in [0.1, 0.15) is 25.0 Å². The van der Waals surface area contributed by atoms with E-state index in [0.29, 0.717) is 6.42 Å². The molecule has 0 bridgehead atoms. The van der Waals surface area contributed by atoms with Crippen LogP contribution in [0.5, 0.6) is 0 Å². The number of ketones is 1. The molecule has 2 aromatic rings. The van der Waals surface area contributed by atoms with E-state index in [0.717, 1.165) is 11.1 Å². The summed E-state index contributed by atoms with van der Waals surface area (Å²) in [5.74, 6) is 0.210. The van der Waals surface area contributed by atoms with Gasteiger partial charge in [-0.25, -0.2) is 0 Å². The Kier molecular flexibility index (Phi) is 3.32. The lowest BCUT2D eigenvalue weighted by Gasteiger charge is -2.23. The molecule has 3 heteroatoms. The molecule has 0 unspecified atom stereocenters. The molecule has 94 valence electrons. The third-order valence-electron chi connectivity index (χ3n) is 3.32. The maximum Gasteiger partial charge on any atom is 0.147 e. The highest BCUT2D eigenvalue weighted by atomic mass is 16.1. The number of Topliss-reactive ketones (excluding diaryl/α,β-unsaturated/α-hetero) is 1. The first kappa shape index (κ1) is 12.6. The van der Waals surface area contributed by atoms with Gasteiger partial charge in [-0.05, 0) is 25.0 Å². The SMILES string of the molecule is Cn1cc(CC(=O)C(C)(C)c2ccccc2)cn1. The van der Waals surface area contributed by atoms with E-state index < -0.39 is 5.41 Å². The summed E-state index contributed by atoms with van der Waals surface area (Å²) in [5.41, 5.74) is 1.56. The van der Waals surface area contributed by atoms with Gasteiger partial charge in [-0.2, -0.15) is 5.10 Å². The average Bonchev–Trinajstić information content (AvgIpc) is 2.76. The summed E-state index contributed by atoms with van der Waals surface area (Å²) >= 11 is 0. The van der Waals surface area contributed by atoms with Crippen LogP contribution in [0.3, 0.4) is 0 Å². The lowest BCUT2D eigenvalue weighted by atomic mass is 9.79. The Hall–Kier alpha value is -1.90. The number of carbonyl (C=O) groups is 1. The van der Waals surface area contributed by atoms with E-state index in [1.807, 2.05) is 57.4 Å². The molecule has 1 aromatic heterocycles. The van der Waals surface area contributed by atoms with E-state index in [9.17, 15) is 4.79 Å². The summed E-state index contributed by atoms with van der Waals surface area (Å²) in [6.07, 6.45) is 4.06. The highest BCUT2D eigenvalue weighted by Crippen LogP contribution is 2.25. The van der Waals surface area contributed by atoms with E-state index in [2.05, 4.69) is 5.10 Å². The molecule has 1 aromatic carbocycles. The molecule has 0 fully saturated rings. The quantitative estimate of drug-likeness (QED) is 0.825. The predicted octanol–water partition coefficient (Wildman–Crippen LogP) is 2.51. The Morgan fingerprint density at radius 3 is 2.50 bits per heavy atom. The first-order valence-electron chi connectivity index (χ1n) is 6.06. The molecule has 1 heterocycles. The third kappa shape index (κ3) is 2.50. The van der Waals surface area contributed by atoms with Crippen LogP contribution < -0.4 is 0 Å². The molecule has 0 atom stereocenters. The summed E-state index contributed by atoms with van der Waals surface area (Å²) in [6.45, 7) is 3.95. The Balaban J connectivity index is 2.18. The number of carbonyl (C=O) groups excluding carboxylic acids is 1. The van der Waals surface area contributed by atoms with E-state index in [1.54, 1.807) is 10.9 Å². The normalized spacial score (nSPS) is 11.5. The van der Waals surface area contributed by atoms with Crippen LogP contribution in [0.15, 0.2) is 42.7 Å². The number of hydrogen-bond donors (Lipinski definition) is 0. The number of aromatic nitrogens is 2. The zero-order valence-corrected chi connectivity index (χ0v) is 11.1. The van der Waals surface area contributed by atoms with E-state index in [-0.39, 0.29) is 5.78 Å². The molecule has 0 aliphatic rings. The number of nitrogens with zero attached hydrogens (tertiary/aromatic N) is 2. The molecular weight excluding hydrogens is 224 g/mol. The van der Waals surface area contributed by atoms with Crippen molar-refractivity contribution < 1.29 is 4.79 Å². The minimum absolute atomic E-state index is 0.210. The van der Waals surface area contributed by atoms with Gasteiger partial charge in [0.2, 0.25) is 0 Å². The predicted molar refractivity (Wildman–Crippen MR) is 71.4 cm³/mol. The number of rotatable bonds is 4. The van der Waals surface area contributed by atoms with Gasteiger partial charge >= 0.3 is 0 Å². The van der Waals surface area contributed by atoms with Gasteiger partial charge in [-0.1, -0.05) is 30.3 Å². The second-order valence-electron chi connectivity index (χ2n) is 5.11. The zero-order valence-electron chi connectivity index (χ0n) is 11.1. The maximum atomic E-state index is 12.4. The lowest BCUT2D eigenvalue weighted by Crippen LogP contribution is -2.30. The van der Waals surface area contributed by atoms with Gasteiger partial charge in [0.05, 0.1) is 6.20 Å². The standard InChI is InChI=1S/C15H18N2O/c1-15(2,13-7-5-4-6-8-13)14(18)9-12-10-16-17(3)11-12/h4-8,10-11H,9H2,1-3H3. The van der Waals surface area contributed by atoms with Crippen LogP contribution in [0.4, 0.5) is 0 Å². The summed E-state index contributed by atoms with van der Waals surface area (Å²) in [7, 11) is 1.86. The van der Waals surface area contributed by atoms with Crippen molar-refractivity contribution in [2.45, 2.75) is 25.7 Å². The van der Waals surface area contributed by atoms with Crippen molar-refractivity contribution in [2.24, 2.45) is 7.05 Å². The van der Waals surface area contributed by atoms with Crippen molar-refractivity contribution in [3.05, 3.63) is 53.9 Å². The molecule has 18 heavy (non-hydrogen) atoms. The van der Waals surface area contributed by atoms with Crippen molar-refractivity contribution in [2.75, 3.05) is 0 Å². The minimum atomic E-state index is -0.461. The van der Waals surface area contributed by atoms with Gasteiger partial charge in [-0.3, -0.25) is 9.48 Å². The Bertz CT molecular complexity index is 541. The third-order valence-corrected chi connectivity index (χ3v) is 3.32. The average molecular weight is 242 g/mol. The van der Waals surface area contributed by atoms with Crippen LogP contribution in [-0.4, -0.2) is 15.6 Å². The van der Waals surface area contributed by atoms with Gasteiger partial charge in [0.25, 0.3) is 0 Å². The topological polar surface area (TPSA) is 34.9 Å². The second-order valence-corrected chi connectivity index (χ2v) is 5.11. The molecular formula is C15H18N2O. The number of aryl methyl sites for hydroxylation is 1. The molecule has 2 rings (SSSR count). The van der Waals surface area contributed by atoms with E-state index in [4.69, 9.17) is 0 Å². The first-order valence-corrected chi connectivity index (χ1v) is 6.06. The maximum absolute atomic E-state index is 12.4. The molecule has 0 N–H and O–H groups in total. The highest BCUT2D eigenvalue weighted by Gasteiger charge is 2.29. The van der Waals surface area contributed by atoms with Crippen LogP contribution in [-0.2, 0) is 23.7 Å². The smallest absolute Gasteiger partial charge is 0.147 e. The van der Waals surface area contributed by atoms with Crippen molar-refractivity contribution >= 4 is 5.78 Å². The molecule has 0 aliphatic carbocycles. The van der Waals surface area contributed by atoms with Gasteiger partial charge < -0.3 is 0 Å². The Morgan fingerprint density at radius 1 is 1.28 bits per heavy atom. The number of hydrogen-bond acceptors (Lipinski definition) is 2. The number of benzene rings is 1. The first-order chi connectivity index (χ1) is 8.50. The lowest BCUT2D eigenvalue weighted by molar-refractivity contribution is -0.122. The van der Waals surface area contributed by atoms with Crippen LogP contribution >= 0.6 is 0 Å². The second kappa shape index (κ2) is 4.77. The van der Waals surface area contributed by atoms with Gasteiger partial charge in [0.1, 0.15) is 5.78 Å². The minimum Gasteiger partial charge on any atom is -0.298 e. The monoisotopic (exact) mass is 242 g/mol. The van der Waals surface area contributed by atoms with Crippen molar-refractivity contribution in [3.8, 4) is 0 Å². The van der Waals surface area contributed by atoms with Gasteiger partial charge in [0.15, 0.2) is 0 Å². The van der Waals surface area contributed by atoms with Crippen molar-refractivity contribution in [1.29, 1.82) is 0 Å². The van der Waals surface area contributed by atoms with E-state index in [1.165, 1.54) is 0 Å². The fourth-order valence-corrected chi connectivity index (χ4v) is 1.99. The summed E-state index contributed by atoms with van der Waals surface area (Å²) in [5, 5.41) is 4.09. The van der Waals surface area contributed by atoms with Crippen molar-refractivity contribution in [1.82, 2.24) is 9.78 Å². The molecule has 0 spiro atoms. The molecule has 0 amide bonds. The summed E-state index contributed by atoms with van der Waals surface area (Å²) in [6, 6.07) is 9.90.